The number of fused-ring (bicyclic) bond motifs is 1. The second-order valence-electron chi connectivity index (χ2n) is 9.52. The Balaban J connectivity index is 1.88. The van der Waals surface area contributed by atoms with E-state index < -0.39 is 6.10 Å². The van der Waals surface area contributed by atoms with Crippen molar-refractivity contribution in [2.45, 2.75) is 64.7 Å². The Kier molecular flexibility index (Phi) is 8.52. The maximum atomic E-state index is 13.4. The van der Waals surface area contributed by atoms with Crippen LogP contribution in [0.25, 0.3) is 0 Å². The molecule has 7 heteroatoms. The van der Waals surface area contributed by atoms with Crippen LogP contribution in [0.2, 0.25) is 0 Å². The maximum Gasteiger partial charge on any atom is 0.259 e. The van der Waals surface area contributed by atoms with Gasteiger partial charge in [-0.15, -0.1) is 0 Å². The summed E-state index contributed by atoms with van der Waals surface area (Å²) >= 11 is 0. The molecular formula is C25H37N3O4. The van der Waals surface area contributed by atoms with E-state index in [0.29, 0.717) is 23.6 Å². The highest BCUT2D eigenvalue weighted by Gasteiger charge is 2.34. The Labute approximate surface area is 191 Å². The fourth-order valence-corrected chi connectivity index (χ4v) is 4.59. The van der Waals surface area contributed by atoms with Gasteiger partial charge in [0.05, 0.1) is 12.6 Å². The van der Waals surface area contributed by atoms with E-state index in [1.54, 1.807) is 24.1 Å². The number of pyridine rings is 1. The van der Waals surface area contributed by atoms with Crippen molar-refractivity contribution in [2.75, 3.05) is 33.3 Å². The Morgan fingerprint density at radius 3 is 2.69 bits per heavy atom. The van der Waals surface area contributed by atoms with Crippen molar-refractivity contribution in [1.29, 1.82) is 0 Å². The van der Waals surface area contributed by atoms with E-state index in [9.17, 15) is 15.0 Å². The van der Waals surface area contributed by atoms with Crippen molar-refractivity contribution >= 4 is 5.91 Å². The van der Waals surface area contributed by atoms with Gasteiger partial charge in [-0.25, -0.2) is 4.98 Å². The molecule has 0 aromatic carbocycles. The molecule has 2 N–H and O–H groups in total. The third kappa shape index (κ3) is 6.22. The molecule has 1 aliphatic carbocycles. The minimum atomic E-state index is -0.768. The molecule has 1 amide bonds. The van der Waals surface area contributed by atoms with Crippen LogP contribution in [-0.2, 0) is 0 Å². The lowest BCUT2D eigenvalue weighted by atomic mass is 9.99. The third-order valence-electron chi connectivity index (χ3n) is 6.48. The lowest BCUT2D eigenvalue weighted by molar-refractivity contribution is 0.0320. The lowest BCUT2D eigenvalue weighted by Gasteiger charge is -2.38. The summed E-state index contributed by atoms with van der Waals surface area (Å²) in [5, 5.41) is 19.2. The molecule has 7 nitrogen and oxygen atoms in total. The number of aromatic nitrogens is 1. The van der Waals surface area contributed by atoms with E-state index in [-0.39, 0.29) is 30.6 Å². The summed E-state index contributed by atoms with van der Waals surface area (Å²) in [4.78, 5) is 21.8. The van der Waals surface area contributed by atoms with Gasteiger partial charge in [0.25, 0.3) is 5.91 Å². The van der Waals surface area contributed by atoms with Crippen molar-refractivity contribution in [3.8, 4) is 17.7 Å². The van der Waals surface area contributed by atoms with E-state index in [1.807, 2.05) is 6.92 Å². The van der Waals surface area contributed by atoms with E-state index in [0.717, 1.165) is 19.0 Å². The van der Waals surface area contributed by atoms with Gasteiger partial charge in [-0.2, -0.15) is 0 Å². The molecule has 0 bridgehead atoms. The van der Waals surface area contributed by atoms with E-state index >= 15 is 0 Å². The molecule has 1 aliphatic heterocycles. The van der Waals surface area contributed by atoms with Gasteiger partial charge in [0.1, 0.15) is 17.8 Å². The number of likely N-dealkylation sites (N-methyl/N-ethyl adjacent to an activating group) is 1. The third-order valence-corrected chi connectivity index (χ3v) is 6.48. The second-order valence-corrected chi connectivity index (χ2v) is 9.52. The first-order chi connectivity index (χ1) is 15.3. The molecule has 1 fully saturated rings. The van der Waals surface area contributed by atoms with Crippen LogP contribution in [0.1, 0.15) is 62.4 Å². The van der Waals surface area contributed by atoms with Crippen LogP contribution >= 0.6 is 0 Å². The van der Waals surface area contributed by atoms with Gasteiger partial charge in [0.15, 0.2) is 0 Å². The zero-order chi connectivity index (χ0) is 23.3. The van der Waals surface area contributed by atoms with Gasteiger partial charge in [0.2, 0.25) is 5.88 Å². The number of amides is 1. The lowest BCUT2D eigenvalue weighted by Crippen LogP contribution is -2.50. The number of aliphatic hydroxyl groups excluding tert-OH is 2. The van der Waals surface area contributed by atoms with Crippen LogP contribution in [-0.4, -0.2) is 82.4 Å². The molecule has 0 unspecified atom stereocenters. The first kappa shape index (κ1) is 24.5. The van der Waals surface area contributed by atoms with Crippen LogP contribution in [0.4, 0.5) is 0 Å². The summed E-state index contributed by atoms with van der Waals surface area (Å²) in [6, 6.07) is 1.35. The minimum Gasteiger partial charge on any atom is -0.472 e. The topological polar surface area (TPSA) is 86.1 Å². The van der Waals surface area contributed by atoms with E-state index in [2.05, 4.69) is 35.7 Å². The first-order valence-corrected chi connectivity index (χ1v) is 11.7. The number of rotatable bonds is 6. The van der Waals surface area contributed by atoms with Crippen LogP contribution < -0.4 is 4.74 Å². The molecule has 1 aromatic rings. The molecule has 1 aromatic heterocycles. The monoisotopic (exact) mass is 443 g/mol. The smallest absolute Gasteiger partial charge is 0.259 e. The van der Waals surface area contributed by atoms with E-state index in [4.69, 9.17) is 4.74 Å². The summed E-state index contributed by atoms with van der Waals surface area (Å²) < 4.78 is 6.34. The van der Waals surface area contributed by atoms with Crippen LogP contribution in [0.3, 0.4) is 0 Å². The normalized spacial score (nSPS) is 23.6. The summed E-state index contributed by atoms with van der Waals surface area (Å²) in [5.74, 6) is 6.44. The predicted octanol–water partition coefficient (Wildman–Crippen LogP) is 2.16. The number of carbonyl (C=O) groups is 1. The van der Waals surface area contributed by atoms with Crippen molar-refractivity contribution in [2.24, 2.45) is 11.8 Å². The second kappa shape index (κ2) is 11.1. The van der Waals surface area contributed by atoms with Crippen molar-refractivity contribution < 1.29 is 19.7 Å². The molecule has 1 saturated carbocycles. The Morgan fingerprint density at radius 2 is 2.03 bits per heavy atom. The first-order valence-electron chi connectivity index (χ1n) is 11.7. The van der Waals surface area contributed by atoms with Crippen molar-refractivity contribution in [1.82, 2.24) is 14.8 Å². The fraction of sp³-hybridized carbons (Fsp3) is 0.680. The maximum absolute atomic E-state index is 13.4. The quantitative estimate of drug-likeness (QED) is 0.656. The number of hydrogen-bond acceptors (Lipinski definition) is 6. The Hall–Kier alpha value is -2.14. The van der Waals surface area contributed by atoms with Gasteiger partial charge < -0.3 is 24.7 Å². The fourth-order valence-electron chi connectivity index (χ4n) is 4.59. The minimum absolute atomic E-state index is 0.0728. The molecule has 32 heavy (non-hydrogen) atoms. The Morgan fingerprint density at radius 1 is 1.31 bits per heavy atom. The van der Waals surface area contributed by atoms with Gasteiger partial charge >= 0.3 is 0 Å². The average Bonchev–Trinajstić information content (AvgIpc) is 3.27. The molecule has 3 rings (SSSR count). The standard InChI is InChI=1S/C25H37N3O4/c1-17-13-28(18(2)16-29)25(31)22-11-21(10-9-19(3)30)12-26-24(22)32-23(17)15-27(4)14-20-7-5-6-8-20/h11-12,17-20,23,29-30H,5-8,13-16H2,1-4H3/t17-,18-,19-,23+/m1/s1. The predicted molar refractivity (Wildman–Crippen MR) is 123 cm³/mol. The van der Waals surface area contributed by atoms with Crippen LogP contribution in [0.15, 0.2) is 12.3 Å². The SMILES string of the molecule is C[C@@H]1CN([C@H](C)CO)C(=O)c2cc(C#C[C@@H](C)O)cnc2O[C@H]1CN(C)CC1CCCC1. The zero-order valence-corrected chi connectivity index (χ0v) is 19.8. The van der Waals surface area contributed by atoms with E-state index in [1.165, 1.54) is 25.7 Å². The van der Waals surface area contributed by atoms with Gasteiger partial charge in [-0.1, -0.05) is 31.6 Å². The summed E-state index contributed by atoms with van der Waals surface area (Å²) in [6.45, 7) is 7.70. The molecule has 0 radical (unpaired) electrons. The number of ether oxygens (including phenoxy) is 1. The molecule has 0 saturated heterocycles. The highest BCUT2D eigenvalue weighted by molar-refractivity contribution is 5.97. The number of carbonyl (C=O) groups excluding carboxylic acids is 1. The van der Waals surface area contributed by atoms with Gasteiger partial charge in [-0.05, 0) is 45.7 Å². The zero-order valence-electron chi connectivity index (χ0n) is 19.8. The molecular weight excluding hydrogens is 406 g/mol. The number of hydrogen-bond donors (Lipinski definition) is 2. The summed E-state index contributed by atoms with van der Waals surface area (Å²) in [5.41, 5.74) is 0.889. The molecule has 4 atom stereocenters. The molecule has 176 valence electrons. The summed E-state index contributed by atoms with van der Waals surface area (Å²) in [6.07, 6.45) is 5.90. The van der Waals surface area contributed by atoms with Crippen LogP contribution in [0, 0.1) is 23.7 Å². The largest absolute Gasteiger partial charge is 0.472 e. The highest BCUT2D eigenvalue weighted by Crippen LogP contribution is 2.29. The molecule has 2 aliphatic rings. The molecule has 2 heterocycles. The summed E-state index contributed by atoms with van der Waals surface area (Å²) in [7, 11) is 2.13. The van der Waals surface area contributed by atoms with Crippen molar-refractivity contribution in [3.63, 3.8) is 0 Å². The number of nitrogens with zero attached hydrogens (tertiary/aromatic N) is 3. The Bertz CT molecular complexity index is 841. The van der Waals surface area contributed by atoms with Gasteiger partial charge in [-0.3, -0.25) is 4.79 Å². The van der Waals surface area contributed by atoms with Gasteiger partial charge in [0, 0.05) is 37.3 Å². The van der Waals surface area contributed by atoms with Crippen molar-refractivity contribution in [3.05, 3.63) is 23.4 Å². The molecule has 0 spiro atoms. The number of aliphatic hydroxyl groups is 2. The highest BCUT2D eigenvalue weighted by atomic mass is 16.5. The van der Waals surface area contributed by atoms with Crippen LogP contribution in [0.5, 0.6) is 5.88 Å². The average molecular weight is 444 g/mol.